The Morgan fingerprint density at radius 3 is 2.29 bits per heavy atom. The van der Waals surface area contributed by atoms with Crippen molar-refractivity contribution in [1.29, 1.82) is 0 Å². The first-order chi connectivity index (χ1) is 7.88. The van der Waals surface area contributed by atoms with E-state index in [0.29, 0.717) is 0 Å². The van der Waals surface area contributed by atoms with Crippen molar-refractivity contribution in [2.75, 3.05) is 11.4 Å². The molecule has 2 nitrogen and oxygen atoms in total. The summed E-state index contributed by atoms with van der Waals surface area (Å²) in [6, 6.07) is 6.69. The predicted molar refractivity (Wildman–Crippen MR) is 72.6 cm³/mol. The molecule has 1 heterocycles. The third kappa shape index (κ3) is 2.63. The average molecular weight is 233 g/mol. The Balaban J connectivity index is 2.32. The van der Waals surface area contributed by atoms with Crippen LogP contribution in [0.3, 0.4) is 0 Å². The summed E-state index contributed by atoms with van der Waals surface area (Å²) in [5.74, 6) is 0. The Kier molecular flexibility index (Phi) is 3.17. The number of nitrogens with zero attached hydrogens (tertiary/aromatic N) is 1. The minimum absolute atomic E-state index is 0.0396. The van der Waals surface area contributed by atoms with Crippen LogP contribution in [0.25, 0.3) is 0 Å². The van der Waals surface area contributed by atoms with Gasteiger partial charge in [-0.1, -0.05) is 6.07 Å². The maximum absolute atomic E-state index is 9.79. The van der Waals surface area contributed by atoms with Gasteiger partial charge in [-0.25, -0.2) is 0 Å². The van der Waals surface area contributed by atoms with Crippen LogP contribution in [-0.2, 0) is 0 Å². The smallest absolute Gasteiger partial charge is 0.0579 e. The topological polar surface area (TPSA) is 23.5 Å². The Morgan fingerprint density at radius 1 is 1.18 bits per heavy atom. The Hall–Kier alpha value is -1.02. The molecule has 1 N–H and O–H groups in total. The predicted octanol–water partition coefficient (Wildman–Crippen LogP) is 3.04. The number of rotatable bonds is 1. The van der Waals surface area contributed by atoms with E-state index in [1.54, 1.807) is 0 Å². The number of anilines is 1. The minimum atomic E-state index is -0.146. The molecule has 1 aromatic rings. The number of aliphatic hydroxyl groups is 1. The summed E-state index contributed by atoms with van der Waals surface area (Å²) in [5, 5.41) is 9.79. The van der Waals surface area contributed by atoms with Crippen LogP contribution in [0.2, 0.25) is 0 Å². The van der Waals surface area contributed by atoms with Crippen LogP contribution < -0.4 is 4.90 Å². The van der Waals surface area contributed by atoms with Gasteiger partial charge in [-0.15, -0.1) is 0 Å². The Bertz CT molecular complexity index is 391. The first kappa shape index (κ1) is 12.4. The van der Waals surface area contributed by atoms with Crippen LogP contribution in [0, 0.1) is 13.8 Å². The minimum Gasteiger partial charge on any atom is -0.393 e. The molecule has 0 radical (unpaired) electrons. The fourth-order valence-corrected chi connectivity index (χ4v) is 2.95. The van der Waals surface area contributed by atoms with Gasteiger partial charge in [0.2, 0.25) is 0 Å². The maximum Gasteiger partial charge on any atom is 0.0579 e. The molecule has 0 spiro atoms. The summed E-state index contributed by atoms with van der Waals surface area (Å²) < 4.78 is 0. The van der Waals surface area contributed by atoms with E-state index in [-0.39, 0.29) is 11.6 Å². The monoisotopic (exact) mass is 233 g/mol. The van der Waals surface area contributed by atoms with Gasteiger partial charge in [0.15, 0.2) is 0 Å². The lowest BCUT2D eigenvalue weighted by Crippen LogP contribution is -2.51. The SMILES string of the molecule is Cc1cc(C)cc(N2CCC(O)CC2(C)C)c1. The molecular formula is C15H23NO. The summed E-state index contributed by atoms with van der Waals surface area (Å²) in [6.45, 7) is 9.65. The zero-order valence-electron chi connectivity index (χ0n) is 11.3. The van der Waals surface area contributed by atoms with Crippen LogP contribution in [-0.4, -0.2) is 23.3 Å². The number of hydrogen-bond acceptors (Lipinski definition) is 2. The van der Waals surface area contributed by atoms with Crippen molar-refractivity contribution >= 4 is 5.69 Å². The second-order valence-electron chi connectivity index (χ2n) is 5.96. The van der Waals surface area contributed by atoms with Gasteiger partial charge in [0.05, 0.1) is 6.10 Å². The lowest BCUT2D eigenvalue weighted by molar-refractivity contribution is 0.107. The van der Waals surface area contributed by atoms with Crippen LogP contribution in [0.4, 0.5) is 5.69 Å². The highest BCUT2D eigenvalue weighted by atomic mass is 16.3. The van der Waals surface area contributed by atoms with Crippen molar-refractivity contribution in [3.8, 4) is 0 Å². The molecule has 94 valence electrons. The van der Waals surface area contributed by atoms with Gasteiger partial charge in [0.1, 0.15) is 0 Å². The summed E-state index contributed by atoms with van der Waals surface area (Å²) in [7, 11) is 0. The number of piperidine rings is 1. The number of benzene rings is 1. The molecular weight excluding hydrogens is 210 g/mol. The molecule has 0 amide bonds. The molecule has 1 atom stereocenters. The van der Waals surface area contributed by atoms with Gasteiger partial charge in [0, 0.05) is 17.8 Å². The van der Waals surface area contributed by atoms with Gasteiger partial charge in [-0.05, 0) is 63.8 Å². The van der Waals surface area contributed by atoms with E-state index in [9.17, 15) is 5.11 Å². The van der Waals surface area contributed by atoms with Gasteiger partial charge >= 0.3 is 0 Å². The number of aliphatic hydroxyl groups excluding tert-OH is 1. The van der Waals surface area contributed by atoms with E-state index in [1.165, 1.54) is 16.8 Å². The Morgan fingerprint density at radius 2 is 1.76 bits per heavy atom. The molecule has 17 heavy (non-hydrogen) atoms. The normalized spacial score (nSPS) is 23.8. The van der Waals surface area contributed by atoms with Crippen molar-refractivity contribution in [1.82, 2.24) is 0 Å². The highest BCUT2D eigenvalue weighted by Crippen LogP contribution is 2.33. The molecule has 1 saturated heterocycles. The van der Waals surface area contributed by atoms with Gasteiger partial charge in [-0.2, -0.15) is 0 Å². The van der Waals surface area contributed by atoms with Crippen molar-refractivity contribution in [2.45, 2.75) is 52.2 Å². The standard InChI is InChI=1S/C15H23NO/c1-11-7-12(2)9-13(8-11)16-6-5-14(17)10-15(16,3)4/h7-9,14,17H,5-6,10H2,1-4H3. The quantitative estimate of drug-likeness (QED) is 0.806. The molecule has 0 aliphatic carbocycles. The van der Waals surface area contributed by atoms with Crippen LogP contribution >= 0.6 is 0 Å². The van der Waals surface area contributed by atoms with Crippen molar-refractivity contribution in [2.24, 2.45) is 0 Å². The summed E-state index contributed by atoms with van der Waals surface area (Å²) in [6.07, 6.45) is 1.57. The molecule has 2 heteroatoms. The third-order valence-electron chi connectivity index (χ3n) is 3.67. The fourth-order valence-electron chi connectivity index (χ4n) is 2.95. The van der Waals surface area contributed by atoms with Crippen LogP contribution in [0.1, 0.15) is 37.8 Å². The van der Waals surface area contributed by atoms with E-state index in [1.807, 2.05) is 0 Å². The maximum atomic E-state index is 9.79. The van der Waals surface area contributed by atoms with Gasteiger partial charge < -0.3 is 10.0 Å². The molecule has 0 saturated carbocycles. The highest BCUT2D eigenvalue weighted by Gasteiger charge is 2.34. The van der Waals surface area contributed by atoms with E-state index in [4.69, 9.17) is 0 Å². The second kappa shape index (κ2) is 4.34. The van der Waals surface area contributed by atoms with E-state index >= 15 is 0 Å². The molecule has 1 aliphatic heterocycles. The van der Waals surface area contributed by atoms with Crippen molar-refractivity contribution < 1.29 is 5.11 Å². The van der Waals surface area contributed by atoms with Gasteiger partial charge in [-0.3, -0.25) is 0 Å². The zero-order chi connectivity index (χ0) is 12.6. The summed E-state index contributed by atoms with van der Waals surface area (Å²) in [5.41, 5.74) is 3.95. The molecule has 1 fully saturated rings. The lowest BCUT2D eigenvalue weighted by atomic mass is 9.87. The van der Waals surface area contributed by atoms with Crippen molar-refractivity contribution in [3.63, 3.8) is 0 Å². The first-order valence-corrected chi connectivity index (χ1v) is 6.42. The molecule has 0 aromatic heterocycles. The summed E-state index contributed by atoms with van der Waals surface area (Å²) in [4.78, 5) is 2.43. The summed E-state index contributed by atoms with van der Waals surface area (Å²) >= 11 is 0. The molecule has 2 rings (SSSR count). The first-order valence-electron chi connectivity index (χ1n) is 6.42. The Labute approximate surface area is 104 Å². The highest BCUT2D eigenvalue weighted by molar-refractivity contribution is 5.53. The second-order valence-corrected chi connectivity index (χ2v) is 5.96. The number of hydrogen-bond donors (Lipinski definition) is 1. The fraction of sp³-hybridized carbons (Fsp3) is 0.600. The lowest BCUT2D eigenvalue weighted by Gasteiger charge is -2.46. The largest absolute Gasteiger partial charge is 0.393 e. The van der Waals surface area contributed by atoms with Crippen LogP contribution in [0.5, 0.6) is 0 Å². The molecule has 1 aromatic carbocycles. The zero-order valence-corrected chi connectivity index (χ0v) is 11.3. The molecule has 1 aliphatic rings. The van der Waals surface area contributed by atoms with Crippen LogP contribution in [0.15, 0.2) is 18.2 Å². The number of aryl methyl sites for hydroxylation is 2. The third-order valence-corrected chi connectivity index (χ3v) is 3.67. The van der Waals surface area contributed by atoms with E-state index in [2.05, 4.69) is 50.8 Å². The average Bonchev–Trinajstić information content (AvgIpc) is 2.13. The molecule has 0 bridgehead atoms. The van der Waals surface area contributed by atoms with Gasteiger partial charge in [0.25, 0.3) is 0 Å². The van der Waals surface area contributed by atoms with E-state index in [0.717, 1.165) is 19.4 Å². The van der Waals surface area contributed by atoms with Crippen molar-refractivity contribution in [3.05, 3.63) is 29.3 Å². The molecule has 1 unspecified atom stereocenters. The van der Waals surface area contributed by atoms with E-state index < -0.39 is 0 Å².